The topological polar surface area (TPSA) is 32.7 Å². The molecule has 4 aromatic rings. The summed E-state index contributed by atoms with van der Waals surface area (Å²) in [5.74, 6) is 1.16. The molecule has 3 nitrogen and oxygen atoms in total. The van der Waals surface area contributed by atoms with Gasteiger partial charge in [-0.2, -0.15) is 0 Å². The molecule has 34 heavy (non-hydrogen) atoms. The van der Waals surface area contributed by atoms with Gasteiger partial charge in [0.05, 0.1) is 16.1 Å². The van der Waals surface area contributed by atoms with Crippen LogP contribution in [0.25, 0.3) is 0 Å². The molecule has 1 heterocycles. The number of nitrogens with zero attached hydrogens (tertiary/aromatic N) is 1. The highest BCUT2D eigenvalue weighted by Crippen LogP contribution is 2.39. The molecule has 0 aliphatic carbocycles. The number of hydrogen-bond donors (Lipinski definition) is 1. The zero-order chi connectivity index (χ0) is 23.5. The minimum absolute atomic E-state index is 0.119. The molecule has 172 valence electrons. The average Bonchev–Trinajstić information content (AvgIpc) is 2.86. The van der Waals surface area contributed by atoms with Gasteiger partial charge in [0.2, 0.25) is 0 Å². The molecular weight excluding hydrogens is 465 g/mol. The Labute approximate surface area is 210 Å². The Kier molecular flexibility index (Phi) is 6.66. The molecule has 0 aromatic heterocycles. The molecular formula is C29H25Cl2NO2. The number of phenols is 1. The van der Waals surface area contributed by atoms with Crippen molar-refractivity contribution >= 4 is 28.9 Å². The van der Waals surface area contributed by atoms with Gasteiger partial charge in [-0.15, -0.1) is 0 Å². The fourth-order valence-corrected chi connectivity index (χ4v) is 4.86. The first-order valence-electron chi connectivity index (χ1n) is 11.4. The summed E-state index contributed by atoms with van der Waals surface area (Å²) in [5, 5.41) is 10.8. The van der Waals surface area contributed by atoms with Crippen LogP contribution in [-0.2, 0) is 19.4 Å². The molecule has 1 aliphatic heterocycles. The van der Waals surface area contributed by atoms with Crippen molar-refractivity contribution in [1.82, 2.24) is 0 Å². The molecule has 0 saturated heterocycles. The Balaban J connectivity index is 1.45. The lowest BCUT2D eigenvalue weighted by Gasteiger charge is -2.39. The fraction of sp³-hybridized carbons (Fsp3) is 0.172. The number of halogens is 2. The Hall–Kier alpha value is -3.14. The SMILES string of the molecule is Oc1ccc(CC2c3ccc(OCc4ccccc4)cc3CCN2c2ccc(Cl)c(Cl)c2)cc1. The van der Waals surface area contributed by atoms with Crippen molar-refractivity contribution < 1.29 is 9.84 Å². The van der Waals surface area contributed by atoms with E-state index >= 15 is 0 Å². The molecule has 1 unspecified atom stereocenters. The maximum atomic E-state index is 9.72. The number of rotatable bonds is 6. The molecule has 1 N–H and O–H groups in total. The van der Waals surface area contributed by atoms with Crippen LogP contribution in [0, 0.1) is 0 Å². The number of hydrogen-bond acceptors (Lipinski definition) is 3. The van der Waals surface area contributed by atoms with Crippen LogP contribution in [0.4, 0.5) is 5.69 Å². The Morgan fingerprint density at radius 2 is 1.62 bits per heavy atom. The quantitative estimate of drug-likeness (QED) is 0.302. The van der Waals surface area contributed by atoms with Gasteiger partial charge in [0.1, 0.15) is 18.1 Å². The minimum Gasteiger partial charge on any atom is -0.508 e. The van der Waals surface area contributed by atoms with Gasteiger partial charge in [-0.1, -0.05) is 71.7 Å². The lowest BCUT2D eigenvalue weighted by atomic mass is 9.88. The van der Waals surface area contributed by atoms with Gasteiger partial charge in [-0.05, 0) is 77.6 Å². The summed E-state index contributed by atoms with van der Waals surface area (Å²) in [6.07, 6.45) is 1.71. The molecule has 1 atom stereocenters. The van der Waals surface area contributed by atoms with Gasteiger partial charge in [-0.25, -0.2) is 0 Å². The molecule has 5 rings (SSSR count). The summed E-state index contributed by atoms with van der Waals surface area (Å²) in [6, 6.07) is 30.0. The number of anilines is 1. The smallest absolute Gasteiger partial charge is 0.120 e. The van der Waals surface area contributed by atoms with Crippen LogP contribution >= 0.6 is 23.2 Å². The second kappa shape index (κ2) is 10.0. The van der Waals surface area contributed by atoms with E-state index < -0.39 is 0 Å². The van der Waals surface area contributed by atoms with Crippen LogP contribution < -0.4 is 9.64 Å². The van der Waals surface area contributed by atoms with E-state index in [1.54, 1.807) is 12.1 Å². The lowest BCUT2D eigenvalue weighted by Crippen LogP contribution is -2.36. The van der Waals surface area contributed by atoms with Crippen LogP contribution in [0.5, 0.6) is 11.5 Å². The third-order valence-corrected chi connectivity index (χ3v) is 7.06. The van der Waals surface area contributed by atoms with Crippen molar-refractivity contribution in [3.8, 4) is 11.5 Å². The van der Waals surface area contributed by atoms with Crippen LogP contribution in [0.1, 0.15) is 28.3 Å². The fourth-order valence-electron chi connectivity index (χ4n) is 4.57. The molecule has 5 heteroatoms. The van der Waals surface area contributed by atoms with Gasteiger partial charge in [-0.3, -0.25) is 0 Å². The zero-order valence-corrected chi connectivity index (χ0v) is 20.1. The van der Waals surface area contributed by atoms with Gasteiger partial charge in [0.15, 0.2) is 0 Å². The predicted octanol–water partition coefficient (Wildman–Crippen LogP) is 7.62. The van der Waals surface area contributed by atoms with Crippen LogP contribution in [0.15, 0.2) is 91.0 Å². The highest BCUT2D eigenvalue weighted by molar-refractivity contribution is 6.42. The summed E-state index contributed by atoms with van der Waals surface area (Å²) in [4.78, 5) is 2.39. The monoisotopic (exact) mass is 489 g/mol. The zero-order valence-electron chi connectivity index (χ0n) is 18.6. The van der Waals surface area contributed by atoms with Crippen molar-refractivity contribution in [2.75, 3.05) is 11.4 Å². The summed E-state index contributed by atoms with van der Waals surface area (Å²) in [5.41, 5.74) is 5.93. The number of fused-ring (bicyclic) bond motifs is 1. The van der Waals surface area contributed by atoms with Gasteiger partial charge in [0.25, 0.3) is 0 Å². The molecule has 0 spiro atoms. The normalized spacial score (nSPS) is 15.1. The summed E-state index contributed by atoms with van der Waals surface area (Å²) in [7, 11) is 0. The van der Waals surface area contributed by atoms with E-state index in [-0.39, 0.29) is 11.8 Å². The molecule has 0 bridgehead atoms. The number of ether oxygens (including phenoxy) is 1. The van der Waals surface area contributed by atoms with E-state index in [1.807, 2.05) is 48.5 Å². The standard InChI is InChI=1S/C29H25Cl2NO2/c30-27-13-8-23(18-28(27)31)32-15-14-22-17-25(34-19-21-4-2-1-3-5-21)11-12-26(22)29(32)16-20-6-9-24(33)10-7-20/h1-13,17-18,29,33H,14-16,19H2. The van der Waals surface area contributed by atoms with Crippen LogP contribution in [0.2, 0.25) is 10.0 Å². The van der Waals surface area contributed by atoms with Gasteiger partial charge < -0.3 is 14.7 Å². The van der Waals surface area contributed by atoms with E-state index in [9.17, 15) is 5.11 Å². The Morgan fingerprint density at radius 3 is 2.38 bits per heavy atom. The number of benzene rings is 4. The summed E-state index contributed by atoms with van der Waals surface area (Å²) >= 11 is 12.5. The third kappa shape index (κ3) is 5.01. The van der Waals surface area contributed by atoms with E-state index in [0.29, 0.717) is 16.7 Å². The maximum Gasteiger partial charge on any atom is 0.120 e. The van der Waals surface area contributed by atoms with Gasteiger partial charge >= 0.3 is 0 Å². The molecule has 0 fully saturated rings. The second-order valence-corrected chi connectivity index (χ2v) is 9.38. The predicted molar refractivity (Wildman–Crippen MR) is 139 cm³/mol. The molecule has 1 aliphatic rings. The highest BCUT2D eigenvalue weighted by Gasteiger charge is 2.28. The molecule has 4 aromatic carbocycles. The van der Waals surface area contributed by atoms with Crippen LogP contribution in [-0.4, -0.2) is 11.7 Å². The second-order valence-electron chi connectivity index (χ2n) is 8.56. The van der Waals surface area contributed by atoms with Gasteiger partial charge in [0, 0.05) is 12.2 Å². The van der Waals surface area contributed by atoms with E-state index in [1.165, 1.54) is 11.1 Å². The maximum absolute atomic E-state index is 9.72. The van der Waals surface area contributed by atoms with E-state index in [2.05, 4.69) is 35.2 Å². The van der Waals surface area contributed by atoms with E-state index in [4.69, 9.17) is 27.9 Å². The van der Waals surface area contributed by atoms with Crippen LogP contribution in [0.3, 0.4) is 0 Å². The average molecular weight is 490 g/mol. The third-order valence-electron chi connectivity index (χ3n) is 6.32. The number of phenolic OH excluding ortho intramolecular Hbond substituents is 1. The highest BCUT2D eigenvalue weighted by atomic mass is 35.5. The Bertz CT molecular complexity index is 1280. The van der Waals surface area contributed by atoms with Crippen molar-refractivity contribution in [1.29, 1.82) is 0 Å². The van der Waals surface area contributed by atoms with E-state index in [0.717, 1.165) is 42.0 Å². The first-order chi connectivity index (χ1) is 16.6. The molecule has 0 saturated carbocycles. The van der Waals surface area contributed by atoms with Crippen molar-refractivity contribution in [3.63, 3.8) is 0 Å². The van der Waals surface area contributed by atoms with Crippen molar-refractivity contribution in [3.05, 3.63) is 123 Å². The van der Waals surface area contributed by atoms with Crippen molar-refractivity contribution in [2.45, 2.75) is 25.5 Å². The first-order valence-corrected chi connectivity index (χ1v) is 12.1. The Morgan fingerprint density at radius 1 is 0.824 bits per heavy atom. The number of aromatic hydroxyl groups is 1. The molecule has 0 radical (unpaired) electrons. The summed E-state index contributed by atoms with van der Waals surface area (Å²) < 4.78 is 6.09. The first kappa shape index (κ1) is 22.6. The summed E-state index contributed by atoms with van der Waals surface area (Å²) in [6.45, 7) is 1.40. The largest absolute Gasteiger partial charge is 0.508 e. The minimum atomic E-state index is 0.119. The lowest BCUT2D eigenvalue weighted by molar-refractivity contribution is 0.305. The van der Waals surface area contributed by atoms with Crippen molar-refractivity contribution in [2.24, 2.45) is 0 Å². The molecule has 0 amide bonds.